The molecule has 552 valence electrons. The summed E-state index contributed by atoms with van der Waals surface area (Å²) in [7, 11) is -9.91. The minimum Gasteiger partial charge on any atom is -0.462 e. The van der Waals surface area contributed by atoms with E-state index in [1.165, 1.54) is 167 Å². The highest BCUT2D eigenvalue weighted by Gasteiger charge is 2.30. The van der Waals surface area contributed by atoms with Crippen molar-refractivity contribution < 1.29 is 80.2 Å². The largest absolute Gasteiger partial charge is 0.472 e. The van der Waals surface area contributed by atoms with Crippen LogP contribution >= 0.6 is 15.6 Å². The van der Waals surface area contributed by atoms with E-state index in [1.54, 1.807) is 0 Å². The lowest BCUT2D eigenvalue weighted by molar-refractivity contribution is -0.161. The highest BCUT2D eigenvalue weighted by atomic mass is 31.2. The van der Waals surface area contributed by atoms with Crippen LogP contribution in [0.5, 0.6) is 0 Å². The molecular weight excluding hydrogens is 1220 g/mol. The summed E-state index contributed by atoms with van der Waals surface area (Å²) in [5.41, 5.74) is 0. The molecule has 0 rings (SSSR count). The van der Waals surface area contributed by atoms with Gasteiger partial charge >= 0.3 is 39.5 Å². The average molecular weight is 1370 g/mol. The summed E-state index contributed by atoms with van der Waals surface area (Å²) < 4.78 is 68.4. The topological polar surface area (TPSA) is 237 Å². The number of hydrogen-bond donors (Lipinski definition) is 3. The van der Waals surface area contributed by atoms with Crippen molar-refractivity contribution >= 4 is 39.5 Å². The minimum atomic E-state index is -4.96. The number of phosphoric ester groups is 2. The van der Waals surface area contributed by atoms with Crippen LogP contribution in [0, 0.1) is 23.7 Å². The van der Waals surface area contributed by atoms with Crippen molar-refractivity contribution in [2.24, 2.45) is 23.7 Å². The van der Waals surface area contributed by atoms with Crippen molar-refractivity contribution in [2.45, 2.75) is 388 Å². The number of aliphatic hydroxyl groups is 1. The molecule has 93 heavy (non-hydrogen) atoms. The van der Waals surface area contributed by atoms with Crippen molar-refractivity contribution in [1.29, 1.82) is 0 Å². The molecule has 0 bridgehead atoms. The number of esters is 4. The first-order valence-corrected chi connectivity index (χ1v) is 41.2. The van der Waals surface area contributed by atoms with Crippen LogP contribution in [0.3, 0.4) is 0 Å². The zero-order valence-corrected chi connectivity index (χ0v) is 62.7. The fourth-order valence-corrected chi connectivity index (χ4v) is 12.7. The van der Waals surface area contributed by atoms with E-state index < -0.39 is 97.5 Å². The Kier molecular flexibility index (Phi) is 62.2. The third kappa shape index (κ3) is 67.0. The lowest BCUT2D eigenvalue weighted by atomic mass is 9.99. The van der Waals surface area contributed by atoms with Gasteiger partial charge in [-0.25, -0.2) is 9.13 Å². The van der Waals surface area contributed by atoms with Gasteiger partial charge < -0.3 is 33.8 Å². The molecule has 17 nitrogen and oxygen atoms in total. The Balaban J connectivity index is 5.23. The lowest BCUT2D eigenvalue weighted by Crippen LogP contribution is -2.30. The molecule has 3 N–H and O–H groups in total. The predicted molar refractivity (Wildman–Crippen MR) is 377 cm³/mol. The first-order valence-electron chi connectivity index (χ1n) is 38.2. The number of carbonyl (C=O) groups is 4. The number of ether oxygens (including phenoxy) is 4. The summed E-state index contributed by atoms with van der Waals surface area (Å²) in [5, 5.41) is 10.6. The van der Waals surface area contributed by atoms with Gasteiger partial charge in [0.05, 0.1) is 26.4 Å². The molecule has 19 heteroatoms. The van der Waals surface area contributed by atoms with Crippen LogP contribution in [0.4, 0.5) is 0 Å². The van der Waals surface area contributed by atoms with E-state index >= 15 is 0 Å². The van der Waals surface area contributed by atoms with Crippen LogP contribution in [0.1, 0.15) is 370 Å². The van der Waals surface area contributed by atoms with Gasteiger partial charge in [0.25, 0.3) is 0 Å². The van der Waals surface area contributed by atoms with Crippen LogP contribution in [-0.2, 0) is 65.4 Å². The van der Waals surface area contributed by atoms with Crippen molar-refractivity contribution in [2.75, 3.05) is 39.6 Å². The predicted octanol–water partition coefficient (Wildman–Crippen LogP) is 21.3. The van der Waals surface area contributed by atoms with Gasteiger partial charge in [-0.1, -0.05) is 319 Å². The standard InChI is InChI=1S/C74H144O17P2/c1-9-67(8)53-45-37-29-23-24-32-41-49-57-74(79)91-70(61-85-72(77)55-47-39-33-25-28-36-44-52-66(6)7)63-89-93(82,83)87-59-68(75)58-86-92(80,81)88-62-69(90-73(78)56-48-40-31-22-18-17-20-27-35-43-51-65(4)5)60-84-71(76)54-46-38-30-21-16-14-12-10-11-13-15-19-26-34-42-50-64(2)3/h64-70,75H,9-63H2,1-8H3,(H,80,81)(H,82,83)/t67?,68?,69-,70-/m1/s1. The SMILES string of the molecule is CCC(C)CCCCCCCCCCC(=O)O[C@H](COC(=O)CCCCCCCCCC(C)C)COP(=O)(O)OCC(O)COP(=O)(O)OC[C@@H](COC(=O)CCCCCCCCCCCCCCCCCC(C)C)OC(=O)CCCCCCCCCCCCC(C)C. The van der Waals surface area contributed by atoms with E-state index in [9.17, 15) is 43.2 Å². The second-order valence-electron chi connectivity index (χ2n) is 28.4. The second kappa shape index (κ2) is 63.5. The fraction of sp³-hybridized carbons (Fsp3) is 0.946. The maximum absolute atomic E-state index is 13.1. The summed E-state index contributed by atoms with van der Waals surface area (Å²) in [6.07, 6.45) is 47.3. The molecule has 0 spiro atoms. The summed E-state index contributed by atoms with van der Waals surface area (Å²) >= 11 is 0. The Labute approximate surface area is 568 Å². The highest BCUT2D eigenvalue weighted by molar-refractivity contribution is 7.47. The van der Waals surface area contributed by atoms with E-state index in [4.69, 9.17) is 37.0 Å². The molecule has 0 saturated carbocycles. The number of carbonyl (C=O) groups excluding carboxylic acids is 4. The molecule has 0 aromatic rings. The molecular formula is C74H144O17P2. The number of phosphoric acid groups is 2. The Morgan fingerprint density at radius 3 is 0.763 bits per heavy atom. The number of hydrogen-bond acceptors (Lipinski definition) is 15. The fourth-order valence-electron chi connectivity index (χ4n) is 11.2. The molecule has 6 atom stereocenters. The average Bonchev–Trinajstić information content (AvgIpc) is 2.21. The van der Waals surface area contributed by atoms with Crippen LogP contribution in [0.25, 0.3) is 0 Å². The summed E-state index contributed by atoms with van der Waals surface area (Å²) in [5.74, 6) is 0.907. The molecule has 0 aromatic carbocycles. The Morgan fingerprint density at radius 2 is 0.516 bits per heavy atom. The van der Waals surface area contributed by atoms with Gasteiger partial charge in [-0.3, -0.25) is 37.3 Å². The first-order chi connectivity index (χ1) is 44.6. The zero-order valence-electron chi connectivity index (χ0n) is 60.9. The Bertz CT molecular complexity index is 1840. The summed E-state index contributed by atoms with van der Waals surface area (Å²) in [6.45, 7) is 14.1. The quantitative estimate of drug-likeness (QED) is 0.0222. The van der Waals surface area contributed by atoms with Crippen molar-refractivity contribution in [1.82, 2.24) is 0 Å². The van der Waals surface area contributed by atoms with Gasteiger partial charge in [0.1, 0.15) is 19.3 Å². The smallest absolute Gasteiger partial charge is 0.462 e. The zero-order chi connectivity index (χ0) is 68.9. The van der Waals surface area contributed by atoms with Gasteiger partial charge in [0.2, 0.25) is 0 Å². The minimum absolute atomic E-state index is 0.104. The van der Waals surface area contributed by atoms with Crippen LogP contribution < -0.4 is 0 Å². The molecule has 0 amide bonds. The van der Waals surface area contributed by atoms with E-state index in [0.717, 1.165) is 114 Å². The van der Waals surface area contributed by atoms with Crippen molar-refractivity contribution in [3.05, 3.63) is 0 Å². The third-order valence-electron chi connectivity index (χ3n) is 17.4. The van der Waals surface area contributed by atoms with E-state index in [2.05, 4.69) is 55.4 Å². The van der Waals surface area contributed by atoms with Crippen molar-refractivity contribution in [3.63, 3.8) is 0 Å². The molecule has 0 aromatic heterocycles. The maximum atomic E-state index is 13.1. The first kappa shape index (κ1) is 91.1. The molecule has 0 saturated heterocycles. The van der Waals surface area contributed by atoms with Crippen molar-refractivity contribution in [3.8, 4) is 0 Å². The lowest BCUT2D eigenvalue weighted by Gasteiger charge is -2.21. The monoisotopic (exact) mass is 1370 g/mol. The number of rotatable bonds is 71. The van der Waals surface area contributed by atoms with Crippen LogP contribution in [-0.4, -0.2) is 96.7 Å². The number of unbranched alkanes of at least 4 members (excludes halogenated alkanes) is 36. The molecule has 0 aliphatic heterocycles. The Hall–Kier alpha value is -1.94. The summed E-state index contributed by atoms with van der Waals surface area (Å²) in [6, 6.07) is 0. The van der Waals surface area contributed by atoms with Gasteiger partial charge in [-0.15, -0.1) is 0 Å². The molecule has 0 fully saturated rings. The molecule has 0 radical (unpaired) electrons. The van der Waals surface area contributed by atoms with Crippen LogP contribution in [0.2, 0.25) is 0 Å². The Morgan fingerprint density at radius 1 is 0.301 bits per heavy atom. The van der Waals surface area contributed by atoms with Crippen LogP contribution in [0.15, 0.2) is 0 Å². The van der Waals surface area contributed by atoms with E-state index in [0.29, 0.717) is 31.6 Å². The van der Waals surface area contributed by atoms with Gasteiger partial charge in [-0.2, -0.15) is 0 Å². The van der Waals surface area contributed by atoms with Gasteiger partial charge in [0.15, 0.2) is 12.2 Å². The van der Waals surface area contributed by atoms with Gasteiger partial charge in [-0.05, 0) is 49.4 Å². The summed E-state index contributed by atoms with van der Waals surface area (Å²) in [4.78, 5) is 72.7. The van der Waals surface area contributed by atoms with E-state index in [1.807, 2.05) is 0 Å². The van der Waals surface area contributed by atoms with Gasteiger partial charge in [0, 0.05) is 25.7 Å². The van der Waals surface area contributed by atoms with E-state index in [-0.39, 0.29) is 25.7 Å². The normalized spacial score (nSPS) is 14.5. The number of aliphatic hydroxyl groups excluding tert-OH is 1. The molecule has 0 aliphatic carbocycles. The molecule has 0 heterocycles. The second-order valence-corrected chi connectivity index (χ2v) is 31.3. The maximum Gasteiger partial charge on any atom is 0.472 e. The molecule has 0 aliphatic rings. The highest BCUT2D eigenvalue weighted by Crippen LogP contribution is 2.45. The third-order valence-corrected chi connectivity index (χ3v) is 19.3. The molecule has 4 unspecified atom stereocenters.